The molecule has 0 spiro atoms. The minimum absolute atomic E-state index is 0.811. The summed E-state index contributed by atoms with van der Waals surface area (Å²) in [5.41, 5.74) is 2.24. The van der Waals surface area contributed by atoms with Crippen LogP contribution in [0.5, 0.6) is 0 Å². The molecule has 0 fully saturated rings. The lowest BCUT2D eigenvalue weighted by Gasteiger charge is -2.24. The highest BCUT2D eigenvalue weighted by atomic mass is 15.3. The summed E-state index contributed by atoms with van der Waals surface area (Å²) in [4.78, 5) is 11.0. The predicted molar refractivity (Wildman–Crippen MR) is 66.9 cm³/mol. The molecule has 0 bridgehead atoms. The molecule has 2 aliphatic rings. The van der Waals surface area contributed by atoms with E-state index >= 15 is 0 Å². The van der Waals surface area contributed by atoms with Crippen LogP contribution in [0.15, 0.2) is 46.4 Å². The first kappa shape index (κ1) is 8.05. The topological polar surface area (TPSA) is 28.0 Å². The van der Waals surface area contributed by atoms with Crippen LogP contribution < -0.4 is 4.90 Å². The van der Waals surface area contributed by atoms with E-state index in [2.05, 4.69) is 39.2 Å². The molecule has 16 heavy (non-hydrogen) atoms. The molecule has 0 unspecified atom stereocenters. The van der Waals surface area contributed by atoms with Gasteiger partial charge in [-0.25, -0.2) is 9.98 Å². The fourth-order valence-corrected chi connectivity index (χ4v) is 2.38. The van der Waals surface area contributed by atoms with E-state index in [1.807, 2.05) is 18.3 Å². The minimum Gasteiger partial charge on any atom is -0.304 e. The standard InChI is InChI=1S/C13H9N3/c1-3-9-4-2-6-11-12(9)10(5-1)15-13-14-7-8-16(11)13/h1-7H,8H2. The molecule has 0 saturated carbocycles. The van der Waals surface area contributed by atoms with Crippen LogP contribution in [-0.4, -0.2) is 18.7 Å². The smallest absolute Gasteiger partial charge is 0.230 e. The molecule has 0 aliphatic carbocycles. The van der Waals surface area contributed by atoms with E-state index in [0.29, 0.717) is 0 Å². The van der Waals surface area contributed by atoms with Crippen LogP contribution in [-0.2, 0) is 0 Å². The van der Waals surface area contributed by atoms with Gasteiger partial charge in [0.05, 0.1) is 17.9 Å². The number of nitrogens with zero attached hydrogens (tertiary/aromatic N) is 3. The number of benzene rings is 2. The number of hydrogen-bond acceptors (Lipinski definition) is 3. The monoisotopic (exact) mass is 207 g/mol. The van der Waals surface area contributed by atoms with Crippen LogP contribution in [0.4, 0.5) is 11.4 Å². The Morgan fingerprint density at radius 2 is 1.94 bits per heavy atom. The average Bonchev–Trinajstić information content (AvgIpc) is 2.78. The normalized spacial score (nSPS) is 16.5. The van der Waals surface area contributed by atoms with Crippen LogP contribution in [0.2, 0.25) is 0 Å². The third kappa shape index (κ3) is 0.877. The molecule has 0 aromatic heterocycles. The summed E-state index contributed by atoms with van der Waals surface area (Å²) in [6.07, 6.45) is 1.91. The van der Waals surface area contributed by atoms with Crippen LogP contribution in [0, 0.1) is 0 Å². The molecule has 0 saturated heterocycles. The highest BCUT2D eigenvalue weighted by Crippen LogP contribution is 2.39. The summed E-state index contributed by atoms with van der Waals surface area (Å²) >= 11 is 0. The molecule has 3 heteroatoms. The number of guanidine groups is 1. The van der Waals surface area contributed by atoms with Gasteiger partial charge in [0.15, 0.2) is 0 Å². The maximum absolute atomic E-state index is 4.57. The van der Waals surface area contributed by atoms with Crippen LogP contribution in [0.25, 0.3) is 10.8 Å². The van der Waals surface area contributed by atoms with E-state index in [1.165, 1.54) is 16.5 Å². The lowest BCUT2D eigenvalue weighted by atomic mass is 10.1. The molecule has 2 aliphatic heterocycles. The van der Waals surface area contributed by atoms with E-state index in [1.54, 1.807) is 0 Å². The van der Waals surface area contributed by atoms with Crippen molar-refractivity contribution in [3.8, 4) is 0 Å². The number of hydrogen-bond donors (Lipinski definition) is 0. The summed E-state index contributed by atoms with van der Waals surface area (Å²) in [7, 11) is 0. The van der Waals surface area contributed by atoms with Gasteiger partial charge in [-0.2, -0.15) is 0 Å². The Morgan fingerprint density at radius 3 is 2.88 bits per heavy atom. The Balaban J connectivity index is 2.17. The largest absolute Gasteiger partial charge is 0.304 e. The zero-order chi connectivity index (χ0) is 10.5. The molecule has 2 aromatic carbocycles. The fourth-order valence-electron chi connectivity index (χ4n) is 2.38. The van der Waals surface area contributed by atoms with Crippen molar-refractivity contribution in [2.24, 2.45) is 9.98 Å². The average molecular weight is 207 g/mol. The van der Waals surface area contributed by atoms with Gasteiger partial charge >= 0.3 is 0 Å². The van der Waals surface area contributed by atoms with Gasteiger partial charge in [-0.15, -0.1) is 0 Å². The fraction of sp³-hybridized carbons (Fsp3) is 0.0769. The van der Waals surface area contributed by atoms with Crippen molar-refractivity contribution in [3.05, 3.63) is 36.4 Å². The first-order chi connectivity index (χ1) is 7.93. The van der Waals surface area contributed by atoms with Crippen molar-refractivity contribution < 1.29 is 0 Å². The van der Waals surface area contributed by atoms with Crippen molar-refractivity contribution in [1.82, 2.24) is 0 Å². The molecule has 0 atom stereocenters. The number of anilines is 1. The minimum atomic E-state index is 0.811. The number of fused-ring (bicyclic) bond motifs is 2. The first-order valence-electron chi connectivity index (χ1n) is 5.34. The van der Waals surface area contributed by atoms with Gasteiger partial charge in [0, 0.05) is 11.6 Å². The summed E-state index contributed by atoms with van der Waals surface area (Å²) in [6.45, 7) is 0.826. The van der Waals surface area contributed by atoms with Gasteiger partial charge in [-0.3, -0.25) is 0 Å². The molecule has 2 aromatic rings. The molecule has 2 heterocycles. The Hall–Kier alpha value is -2.16. The Bertz CT molecular complexity index is 650. The maximum Gasteiger partial charge on any atom is 0.230 e. The van der Waals surface area contributed by atoms with E-state index in [4.69, 9.17) is 0 Å². The lowest BCUT2D eigenvalue weighted by Crippen LogP contribution is -2.27. The third-order valence-electron chi connectivity index (χ3n) is 3.08. The molecule has 4 rings (SSSR count). The van der Waals surface area contributed by atoms with Crippen molar-refractivity contribution in [2.75, 3.05) is 11.4 Å². The van der Waals surface area contributed by atoms with Gasteiger partial charge in [0.1, 0.15) is 0 Å². The van der Waals surface area contributed by atoms with Gasteiger partial charge in [0.2, 0.25) is 5.96 Å². The molecular weight excluding hydrogens is 198 g/mol. The lowest BCUT2D eigenvalue weighted by molar-refractivity contribution is 1.20. The second-order valence-electron chi connectivity index (χ2n) is 3.99. The van der Waals surface area contributed by atoms with Gasteiger partial charge in [-0.05, 0) is 17.5 Å². The zero-order valence-corrected chi connectivity index (χ0v) is 8.59. The number of aliphatic imine (C=N–C) groups is 2. The van der Waals surface area contributed by atoms with E-state index in [9.17, 15) is 0 Å². The quantitative estimate of drug-likeness (QED) is 0.652. The molecule has 3 nitrogen and oxygen atoms in total. The predicted octanol–water partition coefficient (Wildman–Crippen LogP) is 2.73. The van der Waals surface area contributed by atoms with Gasteiger partial charge in [-0.1, -0.05) is 24.3 Å². The van der Waals surface area contributed by atoms with Crippen LogP contribution in [0.1, 0.15) is 0 Å². The van der Waals surface area contributed by atoms with Crippen LogP contribution >= 0.6 is 0 Å². The molecule has 76 valence electrons. The van der Waals surface area contributed by atoms with Crippen molar-refractivity contribution in [1.29, 1.82) is 0 Å². The Morgan fingerprint density at radius 1 is 1.06 bits per heavy atom. The molecule has 0 N–H and O–H groups in total. The summed E-state index contributed by atoms with van der Waals surface area (Å²) in [6, 6.07) is 12.6. The number of rotatable bonds is 0. The summed E-state index contributed by atoms with van der Waals surface area (Å²) < 4.78 is 0. The van der Waals surface area contributed by atoms with E-state index in [-0.39, 0.29) is 0 Å². The van der Waals surface area contributed by atoms with Crippen molar-refractivity contribution in [2.45, 2.75) is 0 Å². The second kappa shape index (κ2) is 2.70. The summed E-state index contributed by atoms with van der Waals surface area (Å²) in [5.74, 6) is 0.811. The molecule has 0 amide bonds. The highest BCUT2D eigenvalue weighted by molar-refractivity contribution is 6.18. The first-order valence-corrected chi connectivity index (χ1v) is 5.34. The maximum atomic E-state index is 4.57. The molecular formula is C13H9N3. The van der Waals surface area contributed by atoms with Crippen LogP contribution in [0.3, 0.4) is 0 Å². The summed E-state index contributed by atoms with van der Waals surface area (Å²) in [5, 5.41) is 2.48. The van der Waals surface area contributed by atoms with Crippen molar-refractivity contribution in [3.63, 3.8) is 0 Å². The van der Waals surface area contributed by atoms with E-state index < -0.39 is 0 Å². The molecule has 0 radical (unpaired) electrons. The van der Waals surface area contributed by atoms with Gasteiger partial charge in [0.25, 0.3) is 0 Å². The highest BCUT2D eigenvalue weighted by Gasteiger charge is 2.24. The van der Waals surface area contributed by atoms with Crippen molar-refractivity contribution >= 4 is 34.3 Å². The Kier molecular flexibility index (Phi) is 1.36. The SMILES string of the molecule is C1=NC2=Nc3cccc4cccc(c34)N2C1. The second-order valence-corrected chi connectivity index (χ2v) is 3.99. The third-order valence-corrected chi connectivity index (χ3v) is 3.08. The zero-order valence-electron chi connectivity index (χ0n) is 8.59. The van der Waals surface area contributed by atoms with Gasteiger partial charge < -0.3 is 4.90 Å². The Labute approximate surface area is 92.7 Å². The van der Waals surface area contributed by atoms with E-state index in [0.717, 1.165) is 18.2 Å².